The van der Waals surface area contributed by atoms with E-state index in [0.29, 0.717) is 27.6 Å². The van der Waals surface area contributed by atoms with Crippen molar-refractivity contribution in [1.82, 2.24) is 0 Å². The van der Waals surface area contributed by atoms with Gasteiger partial charge in [-0.15, -0.1) is 0 Å². The summed E-state index contributed by atoms with van der Waals surface area (Å²) >= 11 is 5.97. The van der Waals surface area contributed by atoms with E-state index in [-0.39, 0.29) is 18.2 Å². The molecule has 0 fully saturated rings. The Labute approximate surface area is 127 Å². The Morgan fingerprint density at radius 2 is 2.00 bits per heavy atom. The molecule has 0 aromatic heterocycles. The van der Waals surface area contributed by atoms with Crippen molar-refractivity contribution < 1.29 is 18.7 Å². The lowest BCUT2D eigenvalue weighted by Crippen LogP contribution is -2.11. The molecule has 0 saturated heterocycles. The average molecular weight is 309 g/mol. The second kappa shape index (κ2) is 6.59. The summed E-state index contributed by atoms with van der Waals surface area (Å²) in [7, 11) is 1.50. The van der Waals surface area contributed by atoms with Crippen molar-refractivity contribution in [1.29, 1.82) is 0 Å². The number of methoxy groups -OCH3 is 1. The molecule has 0 radical (unpaired) electrons. The molecule has 21 heavy (non-hydrogen) atoms. The van der Waals surface area contributed by atoms with Crippen molar-refractivity contribution >= 4 is 17.4 Å². The lowest BCUT2D eigenvalue weighted by Gasteiger charge is -2.08. The summed E-state index contributed by atoms with van der Waals surface area (Å²) in [6, 6.07) is 9.10. The molecular weight excluding hydrogens is 295 g/mol. The Balaban J connectivity index is 2.04. The third-order valence-electron chi connectivity index (χ3n) is 2.97. The van der Waals surface area contributed by atoms with Crippen LogP contribution in [-0.2, 0) is 0 Å². The first-order chi connectivity index (χ1) is 10.0. The first-order valence-corrected chi connectivity index (χ1v) is 6.64. The van der Waals surface area contributed by atoms with Crippen LogP contribution in [0.25, 0.3) is 0 Å². The van der Waals surface area contributed by atoms with Gasteiger partial charge < -0.3 is 9.47 Å². The minimum Gasteiger partial charge on any atom is -0.495 e. The van der Waals surface area contributed by atoms with Crippen molar-refractivity contribution in [2.75, 3.05) is 13.7 Å². The van der Waals surface area contributed by atoms with E-state index in [1.807, 2.05) is 0 Å². The fourth-order valence-corrected chi connectivity index (χ4v) is 2.04. The first kappa shape index (κ1) is 15.3. The second-order valence-corrected chi connectivity index (χ2v) is 4.88. The van der Waals surface area contributed by atoms with Gasteiger partial charge in [0.15, 0.2) is 12.4 Å². The zero-order valence-corrected chi connectivity index (χ0v) is 12.4. The number of Topliss-reactive ketones (excluding diaryl/α,β-unsaturated/α-hetero) is 1. The second-order valence-electron chi connectivity index (χ2n) is 4.47. The third-order valence-corrected chi connectivity index (χ3v) is 3.27. The molecule has 0 unspecified atom stereocenters. The maximum atomic E-state index is 13.1. The fourth-order valence-electron chi connectivity index (χ4n) is 1.78. The number of hydrogen-bond acceptors (Lipinski definition) is 3. The van der Waals surface area contributed by atoms with Crippen molar-refractivity contribution in [3.8, 4) is 11.5 Å². The summed E-state index contributed by atoms with van der Waals surface area (Å²) in [5.41, 5.74) is 0.895. The Morgan fingerprint density at radius 1 is 1.24 bits per heavy atom. The van der Waals surface area contributed by atoms with Gasteiger partial charge in [-0.25, -0.2) is 4.39 Å². The zero-order valence-electron chi connectivity index (χ0n) is 11.7. The highest BCUT2D eigenvalue weighted by Crippen LogP contribution is 2.25. The largest absolute Gasteiger partial charge is 0.495 e. The van der Waals surface area contributed by atoms with E-state index in [1.54, 1.807) is 25.1 Å². The van der Waals surface area contributed by atoms with Gasteiger partial charge in [0.25, 0.3) is 0 Å². The van der Waals surface area contributed by atoms with Gasteiger partial charge in [-0.1, -0.05) is 11.6 Å². The van der Waals surface area contributed by atoms with Crippen LogP contribution >= 0.6 is 11.6 Å². The Morgan fingerprint density at radius 3 is 2.62 bits per heavy atom. The molecule has 2 aromatic carbocycles. The predicted octanol–water partition coefficient (Wildman–Crippen LogP) is 4.06. The van der Waals surface area contributed by atoms with Crippen molar-refractivity contribution in [3.63, 3.8) is 0 Å². The lowest BCUT2D eigenvalue weighted by atomic mass is 10.1. The lowest BCUT2D eigenvalue weighted by molar-refractivity contribution is 0.0921. The van der Waals surface area contributed by atoms with Crippen LogP contribution in [0.3, 0.4) is 0 Å². The van der Waals surface area contributed by atoms with E-state index in [4.69, 9.17) is 21.1 Å². The molecule has 0 saturated carbocycles. The van der Waals surface area contributed by atoms with Crippen molar-refractivity contribution in [2.24, 2.45) is 0 Å². The van der Waals surface area contributed by atoms with Crippen LogP contribution in [0, 0.1) is 12.7 Å². The van der Waals surface area contributed by atoms with Crippen LogP contribution in [0.2, 0.25) is 5.02 Å². The molecule has 0 aliphatic heterocycles. The number of ketones is 1. The monoisotopic (exact) mass is 308 g/mol. The number of rotatable bonds is 5. The van der Waals surface area contributed by atoms with Crippen molar-refractivity contribution in [3.05, 3.63) is 58.4 Å². The molecule has 110 valence electrons. The molecule has 0 atom stereocenters. The van der Waals surface area contributed by atoms with Crippen LogP contribution in [0.1, 0.15) is 15.9 Å². The molecule has 0 aliphatic rings. The fraction of sp³-hybridized carbons (Fsp3) is 0.188. The van der Waals surface area contributed by atoms with Crippen molar-refractivity contribution in [2.45, 2.75) is 6.92 Å². The quantitative estimate of drug-likeness (QED) is 0.781. The number of aryl methyl sites for hydroxylation is 1. The molecule has 3 nitrogen and oxygen atoms in total. The molecule has 0 spiro atoms. The van der Waals surface area contributed by atoms with E-state index >= 15 is 0 Å². The molecule has 0 heterocycles. The Kier molecular flexibility index (Phi) is 4.81. The summed E-state index contributed by atoms with van der Waals surface area (Å²) in [6.07, 6.45) is 0. The number of carbonyl (C=O) groups is 1. The van der Waals surface area contributed by atoms with Gasteiger partial charge in [0.2, 0.25) is 0 Å². The van der Waals surface area contributed by atoms with E-state index in [1.165, 1.54) is 25.3 Å². The summed E-state index contributed by atoms with van der Waals surface area (Å²) in [5.74, 6) is 0.419. The summed E-state index contributed by atoms with van der Waals surface area (Å²) in [5, 5.41) is 0.362. The molecule has 0 bridgehead atoms. The maximum Gasteiger partial charge on any atom is 0.200 e. The van der Waals surface area contributed by atoms with E-state index in [2.05, 4.69) is 0 Å². The van der Waals surface area contributed by atoms with E-state index in [0.717, 1.165) is 0 Å². The number of halogens is 2. The minimum atomic E-state index is -0.310. The van der Waals surface area contributed by atoms with Gasteiger partial charge in [0.05, 0.1) is 12.1 Å². The normalized spacial score (nSPS) is 10.3. The summed E-state index contributed by atoms with van der Waals surface area (Å²) in [6.45, 7) is 1.49. The molecule has 0 N–H and O–H groups in total. The van der Waals surface area contributed by atoms with Gasteiger partial charge in [-0.2, -0.15) is 0 Å². The van der Waals surface area contributed by atoms with Gasteiger partial charge >= 0.3 is 0 Å². The summed E-state index contributed by atoms with van der Waals surface area (Å²) < 4.78 is 23.5. The van der Waals surface area contributed by atoms with Crippen LogP contribution in [0.4, 0.5) is 4.39 Å². The van der Waals surface area contributed by atoms with Crippen LogP contribution < -0.4 is 9.47 Å². The van der Waals surface area contributed by atoms with E-state index < -0.39 is 0 Å². The standard InChI is InChI=1S/C16H14ClFO3/c1-10-7-12(4-5-14(10)18)21-9-15(19)11-3-6-16(20-2)13(17)8-11/h3-8H,9H2,1-2H3. The Bertz CT molecular complexity index is 671. The van der Waals surface area contributed by atoms with Gasteiger partial charge in [-0.05, 0) is 48.9 Å². The van der Waals surface area contributed by atoms with Crippen LogP contribution in [0.15, 0.2) is 36.4 Å². The molecule has 5 heteroatoms. The highest BCUT2D eigenvalue weighted by Gasteiger charge is 2.10. The topological polar surface area (TPSA) is 35.5 Å². The smallest absolute Gasteiger partial charge is 0.200 e. The van der Waals surface area contributed by atoms with Crippen LogP contribution in [-0.4, -0.2) is 19.5 Å². The molecule has 0 aliphatic carbocycles. The highest BCUT2D eigenvalue weighted by molar-refractivity contribution is 6.32. The van der Waals surface area contributed by atoms with Gasteiger partial charge in [0.1, 0.15) is 17.3 Å². The third kappa shape index (κ3) is 3.73. The number of ether oxygens (including phenoxy) is 2. The molecule has 2 aromatic rings. The van der Waals surface area contributed by atoms with Gasteiger partial charge in [-0.3, -0.25) is 4.79 Å². The number of hydrogen-bond donors (Lipinski definition) is 0. The SMILES string of the molecule is COc1ccc(C(=O)COc2ccc(F)c(C)c2)cc1Cl. The number of carbonyl (C=O) groups excluding carboxylic acids is 1. The molecular formula is C16H14ClFO3. The minimum absolute atomic E-state index is 0.145. The van der Waals surface area contributed by atoms with E-state index in [9.17, 15) is 9.18 Å². The average Bonchev–Trinajstić information content (AvgIpc) is 2.48. The Hall–Kier alpha value is -2.07. The maximum absolute atomic E-state index is 13.1. The van der Waals surface area contributed by atoms with Gasteiger partial charge in [0, 0.05) is 5.56 Å². The summed E-state index contributed by atoms with van der Waals surface area (Å²) in [4.78, 5) is 12.0. The molecule has 2 rings (SSSR count). The molecule has 0 amide bonds. The van der Waals surface area contributed by atoms with Crippen LogP contribution in [0.5, 0.6) is 11.5 Å². The predicted molar refractivity (Wildman–Crippen MR) is 79.0 cm³/mol. The number of benzene rings is 2. The highest BCUT2D eigenvalue weighted by atomic mass is 35.5. The zero-order chi connectivity index (χ0) is 15.4. The first-order valence-electron chi connectivity index (χ1n) is 6.27.